The molecular formula is C6H11NOS. The van der Waals surface area contributed by atoms with E-state index in [9.17, 15) is 4.21 Å². The quantitative estimate of drug-likeness (QED) is 0.508. The minimum atomic E-state index is -0.500. The summed E-state index contributed by atoms with van der Waals surface area (Å²) >= 11 is 0. The summed E-state index contributed by atoms with van der Waals surface area (Å²) in [6, 6.07) is 0.588. The van der Waals surface area contributed by atoms with Crippen molar-refractivity contribution in [1.29, 1.82) is 0 Å². The third-order valence-corrected chi connectivity index (χ3v) is 3.74. The summed E-state index contributed by atoms with van der Waals surface area (Å²) in [6.45, 7) is 1.11. The number of nitrogens with one attached hydrogen (secondary N) is 1. The zero-order chi connectivity index (χ0) is 6.27. The largest absolute Gasteiger partial charge is 0.313 e. The molecule has 0 aromatic rings. The molecule has 0 saturated carbocycles. The van der Waals surface area contributed by atoms with Gasteiger partial charge in [0.25, 0.3) is 0 Å². The first kappa shape index (κ1) is 5.86. The molecule has 3 heteroatoms. The maximum absolute atomic E-state index is 11.0. The van der Waals surface area contributed by atoms with E-state index in [-0.39, 0.29) is 0 Å². The van der Waals surface area contributed by atoms with Crippen LogP contribution in [0.15, 0.2) is 0 Å². The Kier molecular flexibility index (Phi) is 1.34. The van der Waals surface area contributed by atoms with Gasteiger partial charge in [0.1, 0.15) is 0 Å². The second-order valence-electron chi connectivity index (χ2n) is 2.98. The van der Waals surface area contributed by atoms with Crippen molar-refractivity contribution in [3.63, 3.8) is 0 Å². The van der Waals surface area contributed by atoms with Gasteiger partial charge < -0.3 is 5.32 Å². The summed E-state index contributed by atoms with van der Waals surface area (Å²) in [5, 5.41) is 3.36. The van der Waals surface area contributed by atoms with Crippen molar-refractivity contribution >= 4 is 10.8 Å². The Morgan fingerprint density at radius 2 is 2.33 bits per heavy atom. The van der Waals surface area contributed by atoms with E-state index in [2.05, 4.69) is 5.32 Å². The van der Waals surface area contributed by atoms with Crippen LogP contribution in [0.4, 0.5) is 0 Å². The number of hydrogen-bond acceptors (Lipinski definition) is 2. The molecule has 2 heterocycles. The Balaban J connectivity index is 2.11. The van der Waals surface area contributed by atoms with Crippen LogP contribution in [0.25, 0.3) is 0 Å². The van der Waals surface area contributed by atoms with Crippen molar-refractivity contribution in [2.75, 3.05) is 18.1 Å². The van der Waals surface area contributed by atoms with Gasteiger partial charge in [-0.15, -0.1) is 0 Å². The van der Waals surface area contributed by atoms with Gasteiger partial charge in [-0.3, -0.25) is 4.21 Å². The molecule has 0 aliphatic carbocycles. The van der Waals surface area contributed by atoms with Crippen LogP contribution in [0.2, 0.25) is 0 Å². The predicted molar refractivity (Wildman–Crippen MR) is 37.8 cm³/mol. The van der Waals surface area contributed by atoms with Crippen molar-refractivity contribution < 1.29 is 4.21 Å². The van der Waals surface area contributed by atoms with E-state index < -0.39 is 10.8 Å². The van der Waals surface area contributed by atoms with Crippen molar-refractivity contribution in [3.05, 3.63) is 0 Å². The molecule has 2 fully saturated rings. The summed E-state index contributed by atoms with van der Waals surface area (Å²) in [5.74, 6) is 2.57. The molecule has 2 bridgehead atoms. The average molecular weight is 145 g/mol. The lowest BCUT2D eigenvalue weighted by atomic mass is 10.1. The Morgan fingerprint density at radius 1 is 1.44 bits per heavy atom. The lowest BCUT2D eigenvalue weighted by Crippen LogP contribution is -2.29. The molecule has 2 nitrogen and oxygen atoms in total. The Labute approximate surface area is 57.5 Å². The van der Waals surface area contributed by atoms with Crippen LogP contribution in [-0.2, 0) is 10.8 Å². The highest BCUT2D eigenvalue weighted by molar-refractivity contribution is 7.85. The van der Waals surface area contributed by atoms with Gasteiger partial charge in [-0.25, -0.2) is 0 Å². The lowest BCUT2D eigenvalue weighted by molar-refractivity contribution is 0.586. The molecule has 3 unspecified atom stereocenters. The van der Waals surface area contributed by atoms with Crippen molar-refractivity contribution in [2.45, 2.75) is 12.5 Å². The van der Waals surface area contributed by atoms with E-state index >= 15 is 0 Å². The zero-order valence-corrected chi connectivity index (χ0v) is 6.12. The number of rotatable bonds is 0. The van der Waals surface area contributed by atoms with E-state index in [4.69, 9.17) is 0 Å². The maximum atomic E-state index is 11.0. The highest BCUT2D eigenvalue weighted by atomic mass is 32.2. The van der Waals surface area contributed by atoms with Crippen LogP contribution < -0.4 is 5.32 Å². The Bertz CT molecular complexity index is 134. The second-order valence-corrected chi connectivity index (χ2v) is 4.53. The van der Waals surface area contributed by atoms with E-state index in [0.29, 0.717) is 6.04 Å². The third-order valence-electron chi connectivity index (χ3n) is 2.12. The van der Waals surface area contributed by atoms with Crippen LogP contribution in [0.3, 0.4) is 0 Å². The molecule has 52 valence electrons. The average Bonchev–Trinajstić information content (AvgIpc) is 2.11. The van der Waals surface area contributed by atoms with Gasteiger partial charge in [0.15, 0.2) is 0 Å². The van der Waals surface area contributed by atoms with Crippen LogP contribution in [0, 0.1) is 5.92 Å². The molecule has 2 saturated heterocycles. The molecule has 9 heavy (non-hydrogen) atoms. The molecular weight excluding hydrogens is 134 g/mol. The first-order chi connectivity index (χ1) is 4.34. The third kappa shape index (κ3) is 1.03. The number of fused-ring (bicyclic) bond motifs is 2. The van der Waals surface area contributed by atoms with E-state index in [1.54, 1.807) is 0 Å². The normalized spacial score (nSPS) is 49.6. The minimum absolute atomic E-state index is 0.500. The molecule has 0 spiro atoms. The first-order valence-corrected chi connectivity index (χ1v) is 4.92. The maximum Gasteiger partial charge on any atom is 0.0389 e. The first-order valence-electron chi connectivity index (χ1n) is 3.43. The molecule has 0 radical (unpaired) electrons. The van der Waals surface area contributed by atoms with Gasteiger partial charge in [-0.2, -0.15) is 0 Å². The summed E-state index contributed by atoms with van der Waals surface area (Å²) in [6.07, 6.45) is 1.27. The monoisotopic (exact) mass is 145 g/mol. The van der Waals surface area contributed by atoms with Crippen LogP contribution >= 0.6 is 0 Å². The smallest absolute Gasteiger partial charge is 0.0389 e. The van der Waals surface area contributed by atoms with E-state index in [1.807, 2.05) is 0 Å². The Morgan fingerprint density at radius 3 is 3.11 bits per heavy atom. The van der Waals surface area contributed by atoms with Gasteiger partial charge >= 0.3 is 0 Å². The van der Waals surface area contributed by atoms with Gasteiger partial charge in [0.2, 0.25) is 0 Å². The SMILES string of the molecule is O=S1CC2CNC(C2)C1. The minimum Gasteiger partial charge on any atom is -0.313 e. The van der Waals surface area contributed by atoms with Gasteiger partial charge in [0, 0.05) is 28.3 Å². The molecule has 2 aliphatic rings. The van der Waals surface area contributed by atoms with Crippen LogP contribution in [0.1, 0.15) is 6.42 Å². The summed E-state index contributed by atoms with van der Waals surface area (Å²) < 4.78 is 11.0. The molecule has 1 N–H and O–H groups in total. The summed E-state index contributed by atoms with van der Waals surface area (Å²) in [4.78, 5) is 0. The summed E-state index contributed by atoms with van der Waals surface area (Å²) in [5.41, 5.74) is 0. The van der Waals surface area contributed by atoms with Crippen LogP contribution in [0.5, 0.6) is 0 Å². The molecule has 0 amide bonds. The second kappa shape index (κ2) is 2.06. The topological polar surface area (TPSA) is 29.1 Å². The molecule has 0 aromatic carbocycles. The standard InChI is InChI=1S/C6H11NOS/c8-9-3-5-1-6(4-9)7-2-5/h5-7H,1-4H2. The molecule has 2 aliphatic heterocycles. The summed E-state index contributed by atoms with van der Waals surface area (Å²) in [7, 11) is -0.500. The van der Waals surface area contributed by atoms with Crippen molar-refractivity contribution in [2.24, 2.45) is 5.92 Å². The fraction of sp³-hybridized carbons (Fsp3) is 1.00. The van der Waals surface area contributed by atoms with Crippen molar-refractivity contribution in [1.82, 2.24) is 5.32 Å². The zero-order valence-electron chi connectivity index (χ0n) is 5.30. The van der Waals surface area contributed by atoms with Gasteiger partial charge in [-0.1, -0.05) is 0 Å². The van der Waals surface area contributed by atoms with E-state index in [0.717, 1.165) is 24.0 Å². The van der Waals surface area contributed by atoms with Gasteiger partial charge in [0.05, 0.1) is 0 Å². The van der Waals surface area contributed by atoms with Crippen LogP contribution in [-0.4, -0.2) is 28.3 Å². The molecule has 3 atom stereocenters. The fourth-order valence-electron chi connectivity index (χ4n) is 1.71. The fourth-order valence-corrected chi connectivity index (χ4v) is 3.33. The molecule has 0 aromatic heterocycles. The predicted octanol–water partition coefficient (Wildman–Crippen LogP) is -0.273. The molecule has 2 rings (SSSR count). The Hall–Kier alpha value is 0.110. The lowest BCUT2D eigenvalue weighted by Gasteiger charge is -2.15. The highest BCUT2D eigenvalue weighted by Crippen LogP contribution is 2.21. The number of hydrogen-bond donors (Lipinski definition) is 1. The van der Waals surface area contributed by atoms with E-state index in [1.165, 1.54) is 6.42 Å². The highest BCUT2D eigenvalue weighted by Gasteiger charge is 2.31. The van der Waals surface area contributed by atoms with Crippen molar-refractivity contribution in [3.8, 4) is 0 Å². The van der Waals surface area contributed by atoms with Gasteiger partial charge in [-0.05, 0) is 18.9 Å².